The lowest BCUT2D eigenvalue weighted by Crippen LogP contribution is -2.38. The van der Waals surface area contributed by atoms with Gasteiger partial charge in [-0.3, -0.25) is 4.99 Å². The minimum Gasteiger partial charge on any atom is -0.369 e. The van der Waals surface area contributed by atoms with Crippen LogP contribution in [0.5, 0.6) is 0 Å². The van der Waals surface area contributed by atoms with Crippen molar-refractivity contribution in [2.75, 3.05) is 22.6 Å². The Hall–Kier alpha value is -5.04. The van der Waals surface area contributed by atoms with E-state index in [1.54, 1.807) is 10.6 Å². The number of hydrogen-bond donors (Lipinski definition) is 1. The molecule has 10 nitrogen and oxygen atoms in total. The Morgan fingerprint density at radius 1 is 0.840 bits per heavy atom. The van der Waals surface area contributed by atoms with Gasteiger partial charge in [-0.25, -0.2) is 26.2 Å². The topological polar surface area (TPSA) is 127 Å². The SMILES string of the molecule is CN=c1ncc2cc(-c3cc(N(S(=O)(=O)c4cccc(C(F)(F)F)c4)S(=O)(=O)c4cccc(C(F)(F)F)c4)c(F)cc3C)c3n(c-2n1)CCN3. The van der Waals surface area contributed by atoms with Crippen LogP contribution in [0.2, 0.25) is 0 Å². The van der Waals surface area contributed by atoms with Gasteiger partial charge in [0.05, 0.1) is 20.9 Å². The number of benzene rings is 3. The van der Waals surface area contributed by atoms with Gasteiger partial charge in [0.15, 0.2) is 0 Å². The second kappa shape index (κ2) is 12.1. The van der Waals surface area contributed by atoms with Crippen LogP contribution < -0.4 is 14.6 Å². The third-order valence-electron chi connectivity index (χ3n) is 7.83. The molecule has 50 heavy (non-hydrogen) atoms. The predicted octanol–water partition coefficient (Wildman–Crippen LogP) is 6.08. The van der Waals surface area contributed by atoms with E-state index in [1.807, 2.05) is 0 Å². The van der Waals surface area contributed by atoms with E-state index in [1.165, 1.54) is 20.2 Å². The van der Waals surface area contributed by atoms with Gasteiger partial charge in [-0.05, 0) is 72.6 Å². The summed E-state index contributed by atoms with van der Waals surface area (Å²) >= 11 is 0. The summed E-state index contributed by atoms with van der Waals surface area (Å²) in [7, 11) is -9.92. The first-order valence-corrected chi connectivity index (χ1v) is 17.2. The molecule has 3 heterocycles. The first-order chi connectivity index (χ1) is 23.3. The third-order valence-corrected chi connectivity index (χ3v) is 12.0. The fourth-order valence-corrected chi connectivity index (χ4v) is 9.29. The van der Waals surface area contributed by atoms with Gasteiger partial charge in [0.2, 0.25) is 5.62 Å². The predicted molar refractivity (Wildman–Crippen MR) is 166 cm³/mol. The van der Waals surface area contributed by atoms with Crippen molar-refractivity contribution in [3.05, 3.63) is 101 Å². The van der Waals surface area contributed by atoms with Crippen LogP contribution in [0.15, 0.2) is 87.7 Å². The van der Waals surface area contributed by atoms with Crippen LogP contribution in [0.25, 0.3) is 22.5 Å². The van der Waals surface area contributed by atoms with Gasteiger partial charge < -0.3 is 9.88 Å². The Morgan fingerprint density at radius 2 is 1.42 bits per heavy atom. The van der Waals surface area contributed by atoms with Crippen LogP contribution >= 0.6 is 0 Å². The summed E-state index contributed by atoms with van der Waals surface area (Å²) < 4.78 is 156. The lowest BCUT2D eigenvalue weighted by atomic mass is 9.98. The molecule has 0 aliphatic carbocycles. The van der Waals surface area contributed by atoms with E-state index in [0.29, 0.717) is 72.3 Å². The zero-order chi connectivity index (χ0) is 36.4. The largest absolute Gasteiger partial charge is 0.416 e. The summed E-state index contributed by atoms with van der Waals surface area (Å²) in [6, 6.07) is 7.30. The van der Waals surface area contributed by atoms with Crippen LogP contribution in [0.3, 0.4) is 0 Å². The van der Waals surface area contributed by atoms with E-state index >= 15 is 4.39 Å². The number of nitrogens with one attached hydrogen (secondary N) is 1. The lowest BCUT2D eigenvalue weighted by Gasteiger charge is -2.26. The molecule has 1 N–H and O–H groups in total. The number of nitrogens with zero attached hydrogens (tertiary/aromatic N) is 5. The Morgan fingerprint density at radius 3 is 1.96 bits per heavy atom. The maximum absolute atomic E-state index is 16.1. The molecule has 3 aliphatic rings. The first kappa shape index (κ1) is 34.8. The van der Waals surface area contributed by atoms with Crippen LogP contribution in [-0.2, 0) is 38.9 Å². The van der Waals surface area contributed by atoms with Crippen LogP contribution in [0.1, 0.15) is 16.7 Å². The highest BCUT2D eigenvalue weighted by Crippen LogP contribution is 2.43. The molecular formula is C31H23F7N6O4S2. The fraction of sp³-hybridized carbons (Fsp3) is 0.194. The minimum atomic E-state index is -5.71. The summed E-state index contributed by atoms with van der Waals surface area (Å²) in [4.78, 5) is 10.1. The van der Waals surface area contributed by atoms with Crippen molar-refractivity contribution in [2.45, 2.75) is 35.6 Å². The van der Waals surface area contributed by atoms with E-state index in [4.69, 9.17) is 0 Å². The Bertz CT molecular complexity index is 2340. The second-order valence-corrected chi connectivity index (χ2v) is 14.8. The second-order valence-electron chi connectivity index (χ2n) is 11.0. The normalized spacial score (nSPS) is 14.1. The summed E-state index contributed by atoms with van der Waals surface area (Å²) in [5.74, 6) is -0.565. The van der Waals surface area contributed by atoms with E-state index in [0.717, 1.165) is 12.1 Å². The van der Waals surface area contributed by atoms with Gasteiger partial charge in [0.1, 0.15) is 23.1 Å². The van der Waals surface area contributed by atoms with Gasteiger partial charge in [-0.2, -0.15) is 35.0 Å². The highest BCUT2D eigenvalue weighted by atomic mass is 32.3. The number of halogens is 7. The molecule has 0 aromatic heterocycles. The van der Waals surface area contributed by atoms with Crippen molar-refractivity contribution in [2.24, 2.45) is 4.99 Å². The zero-order valence-corrected chi connectivity index (χ0v) is 27.3. The molecule has 0 fully saturated rings. The van der Waals surface area contributed by atoms with Crippen molar-refractivity contribution in [1.82, 2.24) is 14.5 Å². The molecule has 0 amide bonds. The molecule has 19 heteroatoms. The summed E-state index contributed by atoms with van der Waals surface area (Å²) in [5.41, 5.74) is -2.92. The van der Waals surface area contributed by atoms with E-state index in [2.05, 4.69) is 20.3 Å². The molecule has 0 unspecified atom stereocenters. The average molecular weight is 741 g/mol. The Labute approximate surface area is 280 Å². The highest BCUT2D eigenvalue weighted by Gasteiger charge is 2.42. The molecule has 0 atom stereocenters. The molecule has 6 rings (SSSR count). The molecule has 0 radical (unpaired) electrons. The van der Waals surface area contributed by atoms with Crippen molar-refractivity contribution in [1.29, 1.82) is 0 Å². The minimum absolute atomic E-state index is 0.0780. The van der Waals surface area contributed by atoms with E-state index in [-0.39, 0.29) is 28.9 Å². The van der Waals surface area contributed by atoms with Crippen molar-refractivity contribution in [3.63, 3.8) is 0 Å². The van der Waals surface area contributed by atoms with Crippen molar-refractivity contribution < 1.29 is 47.6 Å². The standard InChI is InChI=1S/C31H23F7N6O4S2/c1-17-11-25(32)26(15-23(17)24-12-18-16-41-29(39-2)42-27(18)43-10-9-40-28(24)43)44(49(45,46)21-7-3-5-19(13-21)30(33,34)35)50(47,48)22-8-4-6-20(14-22)31(36,37)38/h3-8,11-16,40H,9-10H2,1-2H3. The van der Waals surface area contributed by atoms with Crippen molar-refractivity contribution in [3.8, 4) is 22.5 Å². The monoisotopic (exact) mass is 740 g/mol. The van der Waals surface area contributed by atoms with Gasteiger partial charge in [0.25, 0.3) is 20.0 Å². The molecule has 0 saturated heterocycles. The molecule has 0 saturated carbocycles. The number of rotatable bonds is 6. The quantitative estimate of drug-likeness (QED) is 0.209. The smallest absolute Gasteiger partial charge is 0.369 e. The number of fused-ring (bicyclic) bond motifs is 3. The number of aryl methyl sites for hydroxylation is 1. The Balaban J connectivity index is 1.65. The van der Waals surface area contributed by atoms with Crippen molar-refractivity contribution >= 4 is 31.6 Å². The van der Waals surface area contributed by atoms with Gasteiger partial charge in [0, 0.05) is 37.5 Å². The number of pyridine rings is 1. The first-order valence-electron chi connectivity index (χ1n) is 14.4. The van der Waals surface area contributed by atoms with Gasteiger partial charge >= 0.3 is 12.4 Å². The molecule has 262 valence electrons. The Kier molecular flexibility index (Phi) is 8.41. The van der Waals surface area contributed by atoms with E-state index in [9.17, 15) is 43.2 Å². The van der Waals surface area contributed by atoms with Crippen LogP contribution in [0, 0.1) is 12.7 Å². The third kappa shape index (κ3) is 6.03. The highest BCUT2D eigenvalue weighted by molar-refractivity contribution is 8.10. The zero-order valence-electron chi connectivity index (χ0n) is 25.7. The van der Waals surface area contributed by atoms with Gasteiger partial charge in [-0.15, -0.1) is 0 Å². The van der Waals surface area contributed by atoms with Crippen LogP contribution in [0.4, 0.5) is 42.2 Å². The molecule has 0 bridgehead atoms. The maximum atomic E-state index is 16.1. The van der Waals surface area contributed by atoms with E-state index < -0.39 is 68.5 Å². The number of anilines is 2. The summed E-state index contributed by atoms with van der Waals surface area (Å²) in [6.07, 6.45) is -8.69. The summed E-state index contributed by atoms with van der Waals surface area (Å²) in [6.45, 7) is 2.25. The maximum Gasteiger partial charge on any atom is 0.416 e. The number of aromatic nitrogens is 3. The van der Waals surface area contributed by atoms with Gasteiger partial charge in [-0.1, -0.05) is 12.1 Å². The number of sulfonamides is 2. The summed E-state index contributed by atoms with van der Waals surface area (Å²) in [5, 5.41) is 3.16. The number of alkyl halides is 6. The number of hydrogen-bond acceptors (Lipinski definition) is 8. The average Bonchev–Trinajstić information content (AvgIpc) is 3.55. The molecule has 0 spiro atoms. The molecular weight excluding hydrogens is 717 g/mol. The molecule has 3 aromatic rings. The van der Waals surface area contributed by atoms with Crippen LogP contribution in [-0.4, -0.2) is 45.0 Å². The lowest BCUT2D eigenvalue weighted by molar-refractivity contribution is -0.138. The molecule has 3 aliphatic heterocycles. The fourth-order valence-electron chi connectivity index (χ4n) is 5.51. The molecule has 3 aromatic carbocycles.